The first-order valence-corrected chi connectivity index (χ1v) is 11.6. The van der Waals surface area contributed by atoms with Crippen molar-refractivity contribution in [2.45, 2.75) is 45.8 Å². The van der Waals surface area contributed by atoms with Crippen molar-refractivity contribution < 1.29 is 17.9 Å². The zero-order valence-corrected chi connectivity index (χ0v) is 17.1. The standard InChI is InChI=1S/C19H29F2NO2Si/c1-7-17(24-25(5,6)19(2,3)4)14-12-15(20)18(16(21)13-14)22-8-10-23-11-9-22/h7,12-13H,8-11H2,1-6H3/b17-7+. The number of morpholine rings is 1. The van der Waals surface area contributed by atoms with Gasteiger partial charge in [0, 0.05) is 18.7 Å². The molecular weight excluding hydrogens is 340 g/mol. The van der Waals surface area contributed by atoms with Crippen LogP contribution in [-0.2, 0) is 9.16 Å². The summed E-state index contributed by atoms with van der Waals surface area (Å²) in [5, 5.41) is 0.00604. The summed E-state index contributed by atoms with van der Waals surface area (Å²) in [6.07, 6.45) is 1.78. The van der Waals surface area contributed by atoms with E-state index in [0.717, 1.165) is 0 Å². The quantitative estimate of drug-likeness (QED) is 0.539. The van der Waals surface area contributed by atoms with Gasteiger partial charge in [0.1, 0.15) is 23.1 Å². The van der Waals surface area contributed by atoms with Crippen LogP contribution in [-0.4, -0.2) is 34.6 Å². The van der Waals surface area contributed by atoms with Gasteiger partial charge in [-0.1, -0.05) is 20.8 Å². The average Bonchev–Trinajstić information content (AvgIpc) is 2.51. The van der Waals surface area contributed by atoms with E-state index < -0.39 is 20.0 Å². The molecule has 1 aromatic rings. The van der Waals surface area contributed by atoms with E-state index in [1.54, 1.807) is 11.0 Å². The summed E-state index contributed by atoms with van der Waals surface area (Å²) < 4.78 is 40.9. The monoisotopic (exact) mass is 369 g/mol. The first-order valence-electron chi connectivity index (χ1n) is 8.74. The maximum atomic E-state index is 14.7. The van der Waals surface area contributed by atoms with E-state index in [1.165, 1.54) is 12.1 Å². The molecule has 1 fully saturated rings. The van der Waals surface area contributed by atoms with Gasteiger partial charge in [-0.3, -0.25) is 0 Å². The van der Waals surface area contributed by atoms with E-state index >= 15 is 0 Å². The van der Waals surface area contributed by atoms with E-state index in [9.17, 15) is 8.78 Å². The maximum absolute atomic E-state index is 14.7. The lowest BCUT2D eigenvalue weighted by molar-refractivity contribution is 0.122. The van der Waals surface area contributed by atoms with Crippen molar-refractivity contribution in [1.82, 2.24) is 0 Å². The number of hydrogen-bond acceptors (Lipinski definition) is 3. The number of nitrogens with zero attached hydrogens (tertiary/aromatic N) is 1. The lowest BCUT2D eigenvalue weighted by atomic mass is 10.1. The highest BCUT2D eigenvalue weighted by Gasteiger charge is 2.39. The maximum Gasteiger partial charge on any atom is 0.250 e. The fourth-order valence-electron chi connectivity index (χ4n) is 2.51. The molecule has 0 N–H and O–H groups in total. The molecule has 0 bridgehead atoms. The third kappa shape index (κ3) is 4.42. The van der Waals surface area contributed by atoms with Gasteiger partial charge in [-0.15, -0.1) is 0 Å². The van der Waals surface area contributed by atoms with Gasteiger partial charge in [0.25, 0.3) is 0 Å². The van der Waals surface area contributed by atoms with Crippen molar-refractivity contribution in [3.8, 4) is 0 Å². The molecule has 1 aliphatic heterocycles. The molecule has 0 aromatic heterocycles. The second kappa shape index (κ2) is 7.46. The summed E-state index contributed by atoms with van der Waals surface area (Å²) in [4.78, 5) is 1.70. The summed E-state index contributed by atoms with van der Waals surface area (Å²) in [7, 11) is -2.09. The van der Waals surface area contributed by atoms with Gasteiger partial charge in [-0.25, -0.2) is 8.78 Å². The predicted molar refractivity (Wildman–Crippen MR) is 101 cm³/mol. The van der Waals surface area contributed by atoms with Crippen LogP contribution in [0.3, 0.4) is 0 Å². The number of anilines is 1. The molecule has 0 spiro atoms. The number of benzene rings is 1. The first kappa shape index (κ1) is 19.9. The Labute approximate surface area is 150 Å². The Hall–Kier alpha value is -1.40. The molecule has 0 saturated carbocycles. The zero-order chi connectivity index (χ0) is 18.8. The van der Waals surface area contributed by atoms with Crippen LogP contribution in [0.5, 0.6) is 0 Å². The second-order valence-electron chi connectivity index (χ2n) is 7.90. The third-order valence-corrected chi connectivity index (χ3v) is 9.40. The van der Waals surface area contributed by atoms with Crippen molar-refractivity contribution in [3.05, 3.63) is 35.4 Å². The van der Waals surface area contributed by atoms with Crippen molar-refractivity contribution >= 4 is 19.8 Å². The molecule has 6 heteroatoms. The Balaban J connectivity index is 2.33. The van der Waals surface area contributed by atoms with Crippen LogP contribution in [0.4, 0.5) is 14.5 Å². The average molecular weight is 370 g/mol. The Kier molecular flexibility index (Phi) is 5.94. The third-order valence-electron chi connectivity index (χ3n) is 5.06. The first-order chi connectivity index (χ1) is 11.6. The van der Waals surface area contributed by atoms with E-state index in [1.807, 2.05) is 6.92 Å². The van der Waals surface area contributed by atoms with Gasteiger partial charge < -0.3 is 14.1 Å². The SMILES string of the molecule is C/C=C(/O[Si](C)(C)C(C)(C)C)c1cc(F)c(N2CCOCC2)c(F)c1. The molecule has 2 rings (SSSR count). The van der Waals surface area contributed by atoms with Crippen LogP contribution in [0.15, 0.2) is 18.2 Å². The van der Waals surface area contributed by atoms with Crippen LogP contribution in [0.2, 0.25) is 18.1 Å². The molecule has 0 radical (unpaired) electrons. The molecule has 1 aliphatic rings. The van der Waals surface area contributed by atoms with Crippen molar-refractivity contribution in [2.24, 2.45) is 0 Å². The molecule has 1 heterocycles. The van der Waals surface area contributed by atoms with Crippen LogP contribution in [0.25, 0.3) is 5.76 Å². The van der Waals surface area contributed by atoms with Crippen molar-refractivity contribution in [2.75, 3.05) is 31.2 Å². The van der Waals surface area contributed by atoms with Crippen LogP contribution in [0.1, 0.15) is 33.3 Å². The summed E-state index contributed by atoms with van der Waals surface area (Å²) in [6.45, 7) is 14.4. The number of halogens is 2. The van der Waals surface area contributed by atoms with Crippen LogP contribution < -0.4 is 4.90 Å². The van der Waals surface area contributed by atoms with Crippen LogP contribution >= 0.6 is 0 Å². The summed E-state index contributed by atoms with van der Waals surface area (Å²) >= 11 is 0. The minimum absolute atomic E-state index is 0.00604. The van der Waals surface area contributed by atoms with Gasteiger partial charge in [0.15, 0.2) is 0 Å². The van der Waals surface area contributed by atoms with E-state index in [0.29, 0.717) is 37.6 Å². The van der Waals surface area contributed by atoms with Gasteiger partial charge in [0.2, 0.25) is 8.32 Å². The normalized spacial score (nSPS) is 17.0. The highest BCUT2D eigenvalue weighted by molar-refractivity contribution is 6.74. The van der Waals surface area contributed by atoms with Crippen LogP contribution in [0, 0.1) is 11.6 Å². The van der Waals surface area contributed by atoms with E-state index in [4.69, 9.17) is 9.16 Å². The van der Waals surface area contributed by atoms with Crippen molar-refractivity contribution in [1.29, 1.82) is 0 Å². The highest BCUT2D eigenvalue weighted by atomic mass is 28.4. The largest absolute Gasteiger partial charge is 0.543 e. The molecule has 25 heavy (non-hydrogen) atoms. The lowest BCUT2D eigenvalue weighted by Crippen LogP contribution is -2.40. The Morgan fingerprint density at radius 2 is 1.68 bits per heavy atom. The lowest BCUT2D eigenvalue weighted by Gasteiger charge is -2.37. The Bertz CT molecular complexity index is 624. The number of allylic oxidation sites excluding steroid dienone is 1. The second-order valence-corrected chi connectivity index (χ2v) is 12.6. The number of rotatable bonds is 4. The topological polar surface area (TPSA) is 21.7 Å². The molecular formula is C19H29F2NO2Si. The molecule has 0 aliphatic carbocycles. The zero-order valence-electron chi connectivity index (χ0n) is 16.1. The molecule has 0 atom stereocenters. The molecule has 0 unspecified atom stereocenters. The van der Waals surface area contributed by atoms with Gasteiger partial charge in [-0.05, 0) is 43.3 Å². The minimum atomic E-state index is -2.09. The smallest absolute Gasteiger partial charge is 0.250 e. The fourth-order valence-corrected chi connectivity index (χ4v) is 3.60. The molecule has 140 valence electrons. The van der Waals surface area contributed by atoms with Gasteiger partial charge in [0.05, 0.1) is 13.2 Å². The predicted octanol–water partition coefficient (Wildman–Crippen LogP) is 5.18. The van der Waals surface area contributed by atoms with Crippen molar-refractivity contribution in [3.63, 3.8) is 0 Å². The molecule has 0 amide bonds. The molecule has 1 saturated heterocycles. The fraction of sp³-hybridized carbons (Fsp3) is 0.579. The van der Waals surface area contributed by atoms with E-state index in [-0.39, 0.29) is 10.7 Å². The number of ether oxygens (including phenoxy) is 1. The molecule has 3 nitrogen and oxygen atoms in total. The van der Waals surface area contributed by atoms with Gasteiger partial charge >= 0.3 is 0 Å². The molecule has 1 aromatic carbocycles. The summed E-state index contributed by atoms with van der Waals surface area (Å²) in [6, 6.07) is 2.74. The van der Waals surface area contributed by atoms with Gasteiger partial charge in [-0.2, -0.15) is 0 Å². The van der Waals surface area contributed by atoms with E-state index in [2.05, 4.69) is 33.9 Å². The Morgan fingerprint density at radius 3 is 2.12 bits per heavy atom. The Morgan fingerprint density at radius 1 is 1.16 bits per heavy atom. The summed E-state index contributed by atoms with van der Waals surface area (Å²) in [5.41, 5.74) is 0.467. The highest BCUT2D eigenvalue weighted by Crippen LogP contribution is 2.40. The minimum Gasteiger partial charge on any atom is -0.543 e. The number of hydrogen-bond donors (Lipinski definition) is 0. The summed E-state index contributed by atoms with van der Waals surface area (Å²) in [5.74, 6) is -0.580.